The van der Waals surface area contributed by atoms with Crippen molar-refractivity contribution in [2.75, 3.05) is 6.54 Å². The zero-order valence-electron chi connectivity index (χ0n) is 9.87. The summed E-state index contributed by atoms with van der Waals surface area (Å²) < 4.78 is 2.20. The fourth-order valence-corrected chi connectivity index (χ4v) is 1.98. The standard InChI is InChI=1S/C13H15N4/c1-11-7-10-17(9-4-8-15-16-14)13-6-3-2-5-12(11)13/h2-3,5-7,10H,4,8-9H2,1H3/q+1. The molecular weight excluding hydrogens is 212 g/mol. The summed E-state index contributed by atoms with van der Waals surface area (Å²) >= 11 is 0. The molecule has 0 N–H and O–H groups in total. The first-order chi connectivity index (χ1) is 8.33. The van der Waals surface area contributed by atoms with Crippen LogP contribution in [0.15, 0.2) is 41.6 Å². The van der Waals surface area contributed by atoms with Gasteiger partial charge in [0.2, 0.25) is 5.52 Å². The molecule has 86 valence electrons. The molecule has 0 bridgehead atoms. The highest BCUT2D eigenvalue weighted by atomic mass is 15.1. The average Bonchev–Trinajstić information content (AvgIpc) is 2.37. The fourth-order valence-electron chi connectivity index (χ4n) is 1.98. The fraction of sp³-hybridized carbons (Fsp3) is 0.308. The third kappa shape index (κ3) is 2.55. The molecule has 0 radical (unpaired) electrons. The van der Waals surface area contributed by atoms with Crippen LogP contribution in [0.3, 0.4) is 0 Å². The van der Waals surface area contributed by atoms with Gasteiger partial charge < -0.3 is 0 Å². The van der Waals surface area contributed by atoms with E-state index in [0.717, 1.165) is 13.0 Å². The van der Waals surface area contributed by atoms with Crippen molar-refractivity contribution < 1.29 is 4.57 Å². The van der Waals surface area contributed by atoms with Crippen LogP contribution in [0, 0.1) is 6.92 Å². The van der Waals surface area contributed by atoms with Gasteiger partial charge in [0.05, 0.1) is 0 Å². The number of azide groups is 1. The third-order valence-corrected chi connectivity index (χ3v) is 2.86. The molecule has 0 saturated carbocycles. The molecule has 0 aliphatic carbocycles. The van der Waals surface area contributed by atoms with E-state index in [1.54, 1.807) is 0 Å². The van der Waals surface area contributed by atoms with Crippen molar-refractivity contribution in [3.05, 3.63) is 52.5 Å². The maximum Gasteiger partial charge on any atom is 0.212 e. The first kappa shape index (κ1) is 11.4. The van der Waals surface area contributed by atoms with Gasteiger partial charge in [-0.1, -0.05) is 17.2 Å². The molecular formula is C13H15N4+. The number of pyridine rings is 1. The number of aryl methyl sites for hydroxylation is 2. The van der Waals surface area contributed by atoms with E-state index in [1.807, 2.05) is 6.07 Å². The van der Waals surface area contributed by atoms with E-state index < -0.39 is 0 Å². The molecule has 0 saturated heterocycles. The average molecular weight is 227 g/mol. The van der Waals surface area contributed by atoms with Crippen LogP contribution in [0.5, 0.6) is 0 Å². The van der Waals surface area contributed by atoms with E-state index in [1.165, 1.54) is 16.5 Å². The maximum absolute atomic E-state index is 8.22. The first-order valence-electron chi connectivity index (χ1n) is 5.71. The predicted molar refractivity (Wildman–Crippen MR) is 67.5 cm³/mol. The van der Waals surface area contributed by atoms with E-state index in [2.05, 4.69) is 52.0 Å². The Bertz CT molecular complexity index is 571. The Labute approximate surface area is 100 Å². The number of benzene rings is 1. The molecule has 0 aliphatic rings. The normalized spacial score (nSPS) is 10.2. The second kappa shape index (κ2) is 5.32. The molecule has 4 heteroatoms. The van der Waals surface area contributed by atoms with Crippen molar-refractivity contribution in [2.45, 2.75) is 19.9 Å². The number of para-hydroxylation sites is 1. The van der Waals surface area contributed by atoms with E-state index in [9.17, 15) is 0 Å². The van der Waals surface area contributed by atoms with Crippen molar-refractivity contribution in [1.82, 2.24) is 0 Å². The molecule has 2 aromatic rings. The Morgan fingerprint density at radius 1 is 1.29 bits per heavy atom. The quantitative estimate of drug-likeness (QED) is 0.253. The first-order valence-corrected chi connectivity index (χ1v) is 5.71. The molecule has 0 fully saturated rings. The van der Waals surface area contributed by atoms with Gasteiger partial charge in [-0.2, -0.15) is 4.57 Å². The van der Waals surface area contributed by atoms with Gasteiger partial charge in [0, 0.05) is 35.4 Å². The minimum atomic E-state index is 0.547. The van der Waals surface area contributed by atoms with Crippen molar-refractivity contribution in [2.24, 2.45) is 5.11 Å². The highest BCUT2D eigenvalue weighted by Crippen LogP contribution is 2.13. The zero-order valence-corrected chi connectivity index (χ0v) is 9.87. The Morgan fingerprint density at radius 2 is 2.12 bits per heavy atom. The molecule has 2 rings (SSSR count). The number of hydrogen-bond acceptors (Lipinski definition) is 1. The van der Waals surface area contributed by atoms with Gasteiger partial charge in [0.1, 0.15) is 6.54 Å². The van der Waals surface area contributed by atoms with Gasteiger partial charge in [-0.3, -0.25) is 0 Å². The van der Waals surface area contributed by atoms with Crippen molar-refractivity contribution in [3.63, 3.8) is 0 Å². The molecule has 0 spiro atoms. The lowest BCUT2D eigenvalue weighted by Crippen LogP contribution is -2.34. The third-order valence-electron chi connectivity index (χ3n) is 2.86. The van der Waals surface area contributed by atoms with Crippen LogP contribution in [0.1, 0.15) is 12.0 Å². The van der Waals surface area contributed by atoms with Gasteiger partial charge in [-0.05, 0) is 24.1 Å². The van der Waals surface area contributed by atoms with Crippen molar-refractivity contribution in [1.29, 1.82) is 0 Å². The van der Waals surface area contributed by atoms with Gasteiger partial charge in [-0.25, -0.2) is 0 Å². The smallest absolute Gasteiger partial charge is 0.198 e. The van der Waals surface area contributed by atoms with Crippen LogP contribution in [-0.2, 0) is 6.54 Å². The number of fused-ring (bicyclic) bond motifs is 1. The van der Waals surface area contributed by atoms with E-state index >= 15 is 0 Å². The van der Waals surface area contributed by atoms with Gasteiger partial charge in [0.15, 0.2) is 6.20 Å². The van der Waals surface area contributed by atoms with Crippen molar-refractivity contribution >= 4 is 10.9 Å². The zero-order chi connectivity index (χ0) is 12.1. The van der Waals surface area contributed by atoms with E-state index in [0.29, 0.717) is 6.54 Å². The predicted octanol–water partition coefficient (Wildman–Crippen LogP) is 3.14. The molecule has 1 heterocycles. The summed E-state index contributed by atoms with van der Waals surface area (Å²) in [6.07, 6.45) is 2.95. The molecule has 0 atom stereocenters. The Morgan fingerprint density at radius 3 is 2.94 bits per heavy atom. The summed E-state index contributed by atoms with van der Waals surface area (Å²) in [5.41, 5.74) is 10.7. The van der Waals surface area contributed by atoms with Gasteiger partial charge in [0.25, 0.3) is 0 Å². The summed E-state index contributed by atoms with van der Waals surface area (Å²) in [6.45, 7) is 3.54. The minimum absolute atomic E-state index is 0.547. The molecule has 17 heavy (non-hydrogen) atoms. The molecule has 1 aromatic heterocycles. The summed E-state index contributed by atoms with van der Waals surface area (Å²) in [5, 5.41) is 4.83. The van der Waals surface area contributed by atoms with E-state index in [4.69, 9.17) is 5.53 Å². The van der Waals surface area contributed by atoms with Crippen LogP contribution in [-0.4, -0.2) is 6.54 Å². The monoisotopic (exact) mass is 227 g/mol. The second-order valence-corrected chi connectivity index (χ2v) is 4.02. The lowest BCUT2D eigenvalue weighted by molar-refractivity contribution is -0.671. The number of nitrogens with zero attached hydrogens (tertiary/aromatic N) is 4. The minimum Gasteiger partial charge on any atom is -0.198 e. The topological polar surface area (TPSA) is 52.6 Å². The highest BCUT2D eigenvalue weighted by Gasteiger charge is 2.08. The van der Waals surface area contributed by atoms with Crippen LogP contribution in [0.4, 0.5) is 0 Å². The second-order valence-electron chi connectivity index (χ2n) is 4.02. The highest BCUT2D eigenvalue weighted by molar-refractivity contribution is 5.78. The maximum atomic E-state index is 8.22. The molecule has 0 amide bonds. The van der Waals surface area contributed by atoms with Crippen molar-refractivity contribution in [3.8, 4) is 0 Å². The summed E-state index contributed by atoms with van der Waals surface area (Å²) in [6, 6.07) is 10.5. The molecule has 0 aliphatic heterocycles. The lowest BCUT2D eigenvalue weighted by Gasteiger charge is -2.02. The van der Waals surface area contributed by atoms with E-state index in [-0.39, 0.29) is 0 Å². The Balaban J connectivity index is 2.28. The Kier molecular flexibility index (Phi) is 3.58. The van der Waals surface area contributed by atoms with Gasteiger partial charge >= 0.3 is 0 Å². The van der Waals surface area contributed by atoms with Crippen LogP contribution in [0.25, 0.3) is 21.3 Å². The SMILES string of the molecule is Cc1cc[n+](CCCN=[N+]=[N-])c2ccccc12. The molecule has 1 aromatic carbocycles. The largest absolute Gasteiger partial charge is 0.212 e. The lowest BCUT2D eigenvalue weighted by atomic mass is 10.1. The number of hydrogen-bond donors (Lipinski definition) is 0. The number of rotatable bonds is 4. The van der Waals surface area contributed by atoms with Crippen LogP contribution in [0.2, 0.25) is 0 Å². The summed E-state index contributed by atoms with van der Waals surface area (Å²) in [5.74, 6) is 0. The molecule has 4 nitrogen and oxygen atoms in total. The van der Waals surface area contributed by atoms with Gasteiger partial charge in [-0.15, -0.1) is 0 Å². The Hall–Kier alpha value is -2.06. The van der Waals surface area contributed by atoms with Crippen LogP contribution >= 0.6 is 0 Å². The van der Waals surface area contributed by atoms with Crippen LogP contribution < -0.4 is 4.57 Å². The number of aromatic nitrogens is 1. The molecule has 0 unspecified atom stereocenters. The summed E-state index contributed by atoms with van der Waals surface area (Å²) in [4.78, 5) is 2.76. The summed E-state index contributed by atoms with van der Waals surface area (Å²) in [7, 11) is 0.